The van der Waals surface area contributed by atoms with Crippen LogP contribution in [-0.4, -0.2) is 12.1 Å². The third-order valence-corrected chi connectivity index (χ3v) is 2.37. The zero-order chi connectivity index (χ0) is 9.97. The first-order valence-corrected chi connectivity index (χ1v) is 4.60. The van der Waals surface area contributed by atoms with Crippen LogP contribution in [0.15, 0.2) is 37.1 Å². The number of benzene rings is 1. The quantitative estimate of drug-likeness (QED) is 0.734. The number of fused-ring (bicyclic) bond motifs is 1. The monoisotopic (exact) mass is 187 g/mol. The van der Waals surface area contributed by atoms with Gasteiger partial charge >= 0.3 is 0 Å². The molecule has 0 aliphatic rings. The molecule has 0 amide bonds. The molecular weight excluding hydrogens is 174 g/mol. The van der Waals surface area contributed by atoms with Gasteiger partial charge in [0.2, 0.25) is 0 Å². The van der Waals surface area contributed by atoms with Crippen molar-refractivity contribution in [2.45, 2.75) is 6.42 Å². The molecule has 0 fully saturated rings. The van der Waals surface area contributed by atoms with Crippen LogP contribution in [0.2, 0.25) is 0 Å². The maximum Gasteiger partial charge on any atom is 0.123 e. The average Bonchev–Trinajstić information content (AvgIpc) is 2.67. The Balaban J connectivity index is 2.68. The maximum absolute atomic E-state index is 5.31. The maximum atomic E-state index is 5.31. The number of nitrogens with one attached hydrogen (secondary N) is 1. The van der Waals surface area contributed by atoms with E-state index in [1.54, 1.807) is 7.11 Å². The molecule has 0 bridgehead atoms. The van der Waals surface area contributed by atoms with Crippen LogP contribution in [0.25, 0.3) is 10.9 Å². The van der Waals surface area contributed by atoms with Gasteiger partial charge in [-0.05, 0) is 24.6 Å². The van der Waals surface area contributed by atoms with Gasteiger partial charge in [-0.15, -0.1) is 6.58 Å². The Bertz CT molecular complexity index is 456. The zero-order valence-corrected chi connectivity index (χ0v) is 8.21. The average molecular weight is 187 g/mol. The van der Waals surface area contributed by atoms with Crippen molar-refractivity contribution in [1.82, 2.24) is 4.98 Å². The number of aromatic nitrogens is 1. The van der Waals surface area contributed by atoms with Crippen molar-refractivity contribution < 1.29 is 4.74 Å². The predicted molar refractivity (Wildman–Crippen MR) is 58.8 cm³/mol. The van der Waals surface area contributed by atoms with Crippen LogP contribution in [0.1, 0.15) is 5.56 Å². The van der Waals surface area contributed by atoms with Gasteiger partial charge in [0.05, 0.1) is 7.11 Å². The topological polar surface area (TPSA) is 25.0 Å². The van der Waals surface area contributed by atoms with Crippen LogP contribution < -0.4 is 4.74 Å². The summed E-state index contributed by atoms with van der Waals surface area (Å²) in [5, 5.41) is 1.21. The van der Waals surface area contributed by atoms with E-state index in [1.165, 1.54) is 10.9 Å². The number of H-pyrrole nitrogens is 1. The number of methoxy groups -OCH3 is 1. The third-order valence-electron chi connectivity index (χ3n) is 2.37. The minimum Gasteiger partial charge on any atom is -0.496 e. The number of aromatic amines is 1. The van der Waals surface area contributed by atoms with E-state index in [0.29, 0.717) is 0 Å². The molecule has 2 nitrogen and oxygen atoms in total. The lowest BCUT2D eigenvalue weighted by Gasteiger charge is -2.07. The zero-order valence-electron chi connectivity index (χ0n) is 8.21. The smallest absolute Gasteiger partial charge is 0.123 e. The molecule has 0 spiro atoms. The Morgan fingerprint density at radius 2 is 2.29 bits per heavy atom. The van der Waals surface area contributed by atoms with Crippen molar-refractivity contribution in [3.63, 3.8) is 0 Å². The van der Waals surface area contributed by atoms with Crippen molar-refractivity contribution >= 4 is 10.9 Å². The summed E-state index contributed by atoms with van der Waals surface area (Å²) in [5.74, 6) is 0.928. The molecule has 0 saturated heterocycles. The molecule has 0 saturated carbocycles. The molecule has 1 heterocycles. The second-order valence-electron chi connectivity index (χ2n) is 3.18. The van der Waals surface area contributed by atoms with Gasteiger partial charge in [-0.2, -0.15) is 0 Å². The van der Waals surface area contributed by atoms with Crippen molar-refractivity contribution in [3.05, 3.63) is 42.6 Å². The van der Waals surface area contributed by atoms with Crippen LogP contribution >= 0.6 is 0 Å². The molecule has 72 valence electrons. The van der Waals surface area contributed by atoms with Gasteiger partial charge in [0.1, 0.15) is 5.75 Å². The second kappa shape index (κ2) is 3.58. The first-order valence-electron chi connectivity index (χ1n) is 4.60. The SMILES string of the molecule is C=CCc1c(OC)ccc2[nH]ccc12. The highest BCUT2D eigenvalue weighted by Crippen LogP contribution is 2.27. The third kappa shape index (κ3) is 1.29. The predicted octanol–water partition coefficient (Wildman–Crippen LogP) is 2.91. The second-order valence-corrected chi connectivity index (χ2v) is 3.18. The number of hydrogen-bond acceptors (Lipinski definition) is 1. The highest BCUT2D eigenvalue weighted by atomic mass is 16.5. The first-order chi connectivity index (χ1) is 6.86. The Morgan fingerprint density at radius 1 is 1.43 bits per heavy atom. The van der Waals surface area contributed by atoms with Gasteiger partial charge in [0.25, 0.3) is 0 Å². The summed E-state index contributed by atoms with van der Waals surface area (Å²) in [6.45, 7) is 3.76. The fourth-order valence-corrected chi connectivity index (χ4v) is 1.72. The Morgan fingerprint density at radius 3 is 3.00 bits per heavy atom. The Hall–Kier alpha value is -1.70. The molecule has 14 heavy (non-hydrogen) atoms. The minimum atomic E-state index is 0.832. The van der Waals surface area contributed by atoms with Gasteiger partial charge in [0, 0.05) is 22.7 Å². The molecule has 1 N–H and O–H groups in total. The number of allylic oxidation sites excluding steroid dienone is 1. The largest absolute Gasteiger partial charge is 0.496 e. The van der Waals surface area contributed by atoms with Crippen LogP contribution in [0.4, 0.5) is 0 Å². The first kappa shape index (κ1) is 8.88. The summed E-state index contributed by atoms with van der Waals surface area (Å²) in [7, 11) is 1.69. The molecule has 0 aliphatic heterocycles. The van der Waals surface area contributed by atoms with Crippen molar-refractivity contribution in [3.8, 4) is 5.75 Å². The van der Waals surface area contributed by atoms with E-state index in [4.69, 9.17) is 4.74 Å². The van der Waals surface area contributed by atoms with Gasteiger partial charge in [-0.3, -0.25) is 0 Å². The molecule has 2 heteroatoms. The van der Waals surface area contributed by atoms with Gasteiger partial charge < -0.3 is 9.72 Å². The van der Waals surface area contributed by atoms with E-state index < -0.39 is 0 Å². The summed E-state index contributed by atoms with van der Waals surface area (Å²) in [6, 6.07) is 6.08. The molecule has 0 aliphatic carbocycles. The lowest BCUT2D eigenvalue weighted by atomic mass is 10.1. The molecule has 0 atom stereocenters. The fraction of sp³-hybridized carbons (Fsp3) is 0.167. The van der Waals surface area contributed by atoms with E-state index in [-0.39, 0.29) is 0 Å². The Kier molecular flexibility index (Phi) is 2.27. The van der Waals surface area contributed by atoms with E-state index in [1.807, 2.05) is 24.4 Å². The highest BCUT2D eigenvalue weighted by molar-refractivity contribution is 5.85. The molecule has 2 aromatic rings. The van der Waals surface area contributed by atoms with E-state index in [9.17, 15) is 0 Å². The molecule has 0 unspecified atom stereocenters. The van der Waals surface area contributed by atoms with Crippen LogP contribution in [-0.2, 0) is 6.42 Å². The van der Waals surface area contributed by atoms with Crippen LogP contribution in [0, 0.1) is 0 Å². The summed E-state index contributed by atoms with van der Waals surface area (Å²) in [6.07, 6.45) is 4.67. The summed E-state index contributed by atoms with van der Waals surface area (Å²) < 4.78 is 5.31. The van der Waals surface area contributed by atoms with Crippen molar-refractivity contribution in [1.29, 1.82) is 0 Å². The lowest BCUT2D eigenvalue weighted by molar-refractivity contribution is 0.411. The number of ether oxygens (including phenoxy) is 1. The van der Waals surface area contributed by atoms with Crippen molar-refractivity contribution in [2.24, 2.45) is 0 Å². The fourth-order valence-electron chi connectivity index (χ4n) is 1.72. The van der Waals surface area contributed by atoms with E-state index in [0.717, 1.165) is 17.7 Å². The van der Waals surface area contributed by atoms with Crippen LogP contribution in [0.3, 0.4) is 0 Å². The van der Waals surface area contributed by atoms with Gasteiger partial charge in [-0.25, -0.2) is 0 Å². The van der Waals surface area contributed by atoms with E-state index in [2.05, 4.69) is 17.6 Å². The summed E-state index contributed by atoms with van der Waals surface area (Å²) in [4.78, 5) is 3.18. The summed E-state index contributed by atoms with van der Waals surface area (Å²) >= 11 is 0. The lowest BCUT2D eigenvalue weighted by Crippen LogP contribution is -1.91. The molecule has 2 rings (SSSR count). The van der Waals surface area contributed by atoms with Gasteiger partial charge in [-0.1, -0.05) is 6.08 Å². The highest BCUT2D eigenvalue weighted by Gasteiger charge is 2.06. The standard InChI is InChI=1S/C12H13NO/c1-3-4-10-9-7-8-13-11(9)5-6-12(10)14-2/h3,5-8,13H,1,4H2,2H3. The Labute approximate surface area is 83.2 Å². The number of hydrogen-bond donors (Lipinski definition) is 1. The van der Waals surface area contributed by atoms with E-state index >= 15 is 0 Å². The normalized spacial score (nSPS) is 10.4. The van der Waals surface area contributed by atoms with Crippen LogP contribution in [0.5, 0.6) is 5.75 Å². The molecule has 0 radical (unpaired) electrons. The summed E-state index contributed by atoms with van der Waals surface area (Å²) in [5.41, 5.74) is 2.34. The molecule has 1 aromatic heterocycles. The molecule has 1 aromatic carbocycles. The van der Waals surface area contributed by atoms with Gasteiger partial charge in [0.15, 0.2) is 0 Å². The molecular formula is C12H13NO. The minimum absolute atomic E-state index is 0.832. The van der Waals surface area contributed by atoms with Crippen molar-refractivity contribution in [2.75, 3.05) is 7.11 Å². The number of rotatable bonds is 3.